The number of aromatic nitrogens is 2. The molecule has 24 heavy (non-hydrogen) atoms. The third kappa shape index (κ3) is 3.11. The first kappa shape index (κ1) is 15.8. The molecule has 2 fully saturated rings. The lowest BCUT2D eigenvalue weighted by Crippen LogP contribution is -2.51. The van der Waals surface area contributed by atoms with Crippen molar-refractivity contribution in [2.75, 3.05) is 31.1 Å². The van der Waals surface area contributed by atoms with E-state index in [9.17, 15) is 4.79 Å². The molecule has 0 bridgehead atoms. The number of halogens is 1. The van der Waals surface area contributed by atoms with E-state index >= 15 is 0 Å². The lowest BCUT2D eigenvalue weighted by molar-refractivity contribution is -0.131. The molecule has 6 heteroatoms. The van der Waals surface area contributed by atoms with Gasteiger partial charge in [0.2, 0.25) is 5.91 Å². The zero-order valence-electron chi connectivity index (χ0n) is 13.6. The Morgan fingerprint density at radius 1 is 1.17 bits per heavy atom. The Labute approximate surface area is 150 Å². The minimum atomic E-state index is 0.218. The molecule has 4 rings (SSSR count). The van der Waals surface area contributed by atoms with Gasteiger partial charge in [-0.3, -0.25) is 4.79 Å². The number of hydrogen-bond acceptors (Lipinski definition) is 4. The van der Waals surface area contributed by atoms with E-state index in [1.807, 2.05) is 23.1 Å². The van der Waals surface area contributed by atoms with Crippen molar-refractivity contribution in [1.29, 1.82) is 0 Å². The molecule has 1 aromatic carbocycles. The Morgan fingerprint density at radius 2 is 2.00 bits per heavy atom. The molecular formula is C18H21BrN4O. The first-order valence-corrected chi connectivity index (χ1v) is 9.43. The summed E-state index contributed by atoms with van der Waals surface area (Å²) in [5.74, 6) is 1.78. The SMILES string of the molecule is O=C1CN(c2ncnc3ccc(Br)cc23)CCN1CC1CCCC1. The topological polar surface area (TPSA) is 49.3 Å². The number of piperazine rings is 1. The summed E-state index contributed by atoms with van der Waals surface area (Å²) in [5, 5.41) is 0.990. The van der Waals surface area contributed by atoms with Gasteiger partial charge in [-0.1, -0.05) is 28.8 Å². The summed E-state index contributed by atoms with van der Waals surface area (Å²) in [6.07, 6.45) is 6.78. The predicted octanol–water partition coefficient (Wildman–Crippen LogP) is 3.23. The molecule has 2 aromatic rings. The van der Waals surface area contributed by atoms with Crippen molar-refractivity contribution in [3.8, 4) is 0 Å². The van der Waals surface area contributed by atoms with E-state index in [1.165, 1.54) is 25.7 Å². The van der Waals surface area contributed by atoms with Crippen molar-refractivity contribution in [2.45, 2.75) is 25.7 Å². The van der Waals surface area contributed by atoms with Gasteiger partial charge in [0.05, 0.1) is 12.1 Å². The number of amides is 1. The molecule has 1 aliphatic carbocycles. The van der Waals surface area contributed by atoms with Crippen LogP contribution in [0.15, 0.2) is 29.0 Å². The lowest BCUT2D eigenvalue weighted by Gasteiger charge is -2.36. The van der Waals surface area contributed by atoms with Gasteiger partial charge >= 0.3 is 0 Å². The third-order valence-corrected chi connectivity index (χ3v) is 5.64. The molecule has 0 atom stereocenters. The van der Waals surface area contributed by atoms with Crippen molar-refractivity contribution < 1.29 is 4.79 Å². The van der Waals surface area contributed by atoms with E-state index in [1.54, 1.807) is 6.33 Å². The van der Waals surface area contributed by atoms with Crippen LogP contribution in [-0.2, 0) is 4.79 Å². The summed E-state index contributed by atoms with van der Waals surface area (Å²) in [6, 6.07) is 5.98. The summed E-state index contributed by atoms with van der Waals surface area (Å²) < 4.78 is 0.997. The number of rotatable bonds is 3. The van der Waals surface area contributed by atoms with Gasteiger partial charge in [-0.15, -0.1) is 0 Å². The third-order valence-electron chi connectivity index (χ3n) is 5.15. The van der Waals surface area contributed by atoms with Crippen LogP contribution in [0.1, 0.15) is 25.7 Å². The van der Waals surface area contributed by atoms with Gasteiger partial charge in [-0.2, -0.15) is 0 Å². The van der Waals surface area contributed by atoms with Crippen molar-refractivity contribution in [3.63, 3.8) is 0 Å². The van der Waals surface area contributed by atoms with Crippen LogP contribution in [0.5, 0.6) is 0 Å². The minimum Gasteiger partial charge on any atom is -0.345 e. The van der Waals surface area contributed by atoms with Crippen molar-refractivity contribution in [2.24, 2.45) is 5.92 Å². The fourth-order valence-corrected chi connectivity index (χ4v) is 4.22. The zero-order valence-corrected chi connectivity index (χ0v) is 15.2. The molecular weight excluding hydrogens is 368 g/mol. The molecule has 0 radical (unpaired) electrons. The van der Waals surface area contributed by atoms with Gasteiger partial charge in [0.1, 0.15) is 12.1 Å². The highest BCUT2D eigenvalue weighted by atomic mass is 79.9. The zero-order chi connectivity index (χ0) is 16.5. The second kappa shape index (κ2) is 6.67. The van der Waals surface area contributed by atoms with Crippen LogP contribution in [0, 0.1) is 5.92 Å². The van der Waals surface area contributed by atoms with E-state index in [0.29, 0.717) is 12.5 Å². The Balaban J connectivity index is 1.52. The largest absolute Gasteiger partial charge is 0.345 e. The summed E-state index contributed by atoms with van der Waals surface area (Å²) in [7, 11) is 0. The molecule has 0 unspecified atom stereocenters. The van der Waals surface area contributed by atoms with Gasteiger partial charge in [0, 0.05) is 29.5 Å². The maximum Gasteiger partial charge on any atom is 0.242 e. The highest BCUT2D eigenvalue weighted by Crippen LogP contribution is 2.29. The monoisotopic (exact) mass is 388 g/mol. The quantitative estimate of drug-likeness (QED) is 0.809. The number of benzene rings is 1. The van der Waals surface area contributed by atoms with Crippen molar-refractivity contribution >= 4 is 38.6 Å². The Bertz CT molecular complexity index is 760. The van der Waals surface area contributed by atoms with Crippen LogP contribution in [0.2, 0.25) is 0 Å². The first-order valence-electron chi connectivity index (χ1n) is 8.64. The predicted molar refractivity (Wildman–Crippen MR) is 98.0 cm³/mol. The number of carbonyl (C=O) groups excluding carboxylic acids is 1. The molecule has 2 heterocycles. The number of hydrogen-bond donors (Lipinski definition) is 0. The van der Waals surface area contributed by atoms with Crippen LogP contribution in [0.25, 0.3) is 10.9 Å². The maximum atomic E-state index is 12.6. The number of anilines is 1. The fourth-order valence-electron chi connectivity index (χ4n) is 3.85. The van der Waals surface area contributed by atoms with Gasteiger partial charge in [-0.05, 0) is 37.0 Å². The van der Waals surface area contributed by atoms with Gasteiger partial charge < -0.3 is 9.80 Å². The van der Waals surface area contributed by atoms with Gasteiger partial charge in [0.15, 0.2) is 0 Å². The molecule has 126 valence electrons. The summed E-state index contributed by atoms with van der Waals surface area (Å²) >= 11 is 3.51. The fraction of sp³-hybridized carbons (Fsp3) is 0.500. The Kier molecular flexibility index (Phi) is 4.39. The summed E-state index contributed by atoms with van der Waals surface area (Å²) in [5.41, 5.74) is 0.907. The van der Waals surface area contributed by atoms with Crippen molar-refractivity contribution in [3.05, 3.63) is 29.0 Å². The minimum absolute atomic E-state index is 0.218. The smallest absolute Gasteiger partial charge is 0.242 e. The van der Waals surface area contributed by atoms with E-state index in [4.69, 9.17) is 0 Å². The van der Waals surface area contributed by atoms with Crippen LogP contribution < -0.4 is 4.90 Å². The van der Waals surface area contributed by atoms with E-state index in [-0.39, 0.29) is 5.91 Å². The van der Waals surface area contributed by atoms with E-state index in [0.717, 1.165) is 40.8 Å². The van der Waals surface area contributed by atoms with Crippen LogP contribution in [-0.4, -0.2) is 47.0 Å². The standard InChI is InChI=1S/C18H21BrN4O/c19-14-5-6-16-15(9-14)18(21-12-20-16)23-8-7-22(17(24)11-23)10-13-3-1-2-4-13/h5-6,9,12-13H,1-4,7-8,10-11H2. The molecule has 1 saturated heterocycles. The number of nitrogens with zero attached hydrogens (tertiary/aromatic N) is 4. The van der Waals surface area contributed by atoms with E-state index in [2.05, 4.69) is 30.8 Å². The maximum absolute atomic E-state index is 12.6. The normalized spacial score (nSPS) is 19.5. The highest BCUT2D eigenvalue weighted by molar-refractivity contribution is 9.10. The average Bonchev–Trinajstić information content (AvgIpc) is 3.09. The van der Waals surface area contributed by atoms with Crippen molar-refractivity contribution in [1.82, 2.24) is 14.9 Å². The lowest BCUT2D eigenvalue weighted by atomic mass is 10.1. The van der Waals surface area contributed by atoms with Crippen LogP contribution in [0.3, 0.4) is 0 Å². The molecule has 2 aliphatic rings. The Morgan fingerprint density at radius 3 is 2.79 bits per heavy atom. The molecule has 0 N–H and O–H groups in total. The van der Waals surface area contributed by atoms with Gasteiger partial charge in [0.25, 0.3) is 0 Å². The van der Waals surface area contributed by atoms with Crippen LogP contribution in [0.4, 0.5) is 5.82 Å². The van der Waals surface area contributed by atoms with Crippen LogP contribution >= 0.6 is 15.9 Å². The average molecular weight is 389 g/mol. The van der Waals surface area contributed by atoms with Gasteiger partial charge in [-0.25, -0.2) is 9.97 Å². The molecule has 1 aromatic heterocycles. The molecule has 1 aliphatic heterocycles. The highest BCUT2D eigenvalue weighted by Gasteiger charge is 2.28. The number of fused-ring (bicyclic) bond motifs is 1. The molecule has 1 saturated carbocycles. The summed E-state index contributed by atoms with van der Waals surface area (Å²) in [4.78, 5) is 25.5. The second-order valence-electron chi connectivity index (χ2n) is 6.77. The number of carbonyl (C=O) groups is 1. The Hall–Kier alpha value is -1.69. The molecule has 5 nitrogen and oxygen atoms in total. The first-order chi connectivity index (χ1) is 11.7. The molecule has 0 spiro atoms. The second-order valence-corrected chi connectivity index (χ2v) is 7.69. The summed E-state index contributed by atoms with van der Waals surface area (Å²) in [6.45, 7) is 2.96. The van der Waals surface area contributed by atoms with E-state index < -0.39 is 0 Å². The molecule has 1 amide bonds.